The summed E-state index contributed by atoms with van der Waals surface area (Å²) in [5, 5.41) is 0. The van der Waals surface area contributed by atoms with Crippen molar-refractivity contribution in [3.8, 4) is 17.2 Å². The van der Waals surface area contributed by atoms with Crippen LogP contribution in [0.15, 0.2) is 66.4 Å². The second-order valence-corrected chi connectivity index (χ2v) is 7.30. The van der Waals surface area contributed by atoms with Gasteiger partial charge in [-0.2, -0.15) is 0 Å². The molecule has 6 heteroatoms. The van der Waals surface area contributed by atoms with Gasteiger partial charge in [0.15, 0.2) is 5.76 Å². The first-order valence-corrected chi connectivity index (χ1v) is 10.0. The summed E-state index contributed by atoms with van der Waals surface area (Å²) in [6.07, 6.45) is 1.65. The van der Waals surface area contributed by atoms with E-state index in [2.05, 4.69) is 0 Å². The van der Waals surface area contributed by atoms with Gasteiger partial charge in [0, 0.05) is 6.07 Å². The number of Topliss-reactive ketones (excluding diaryl/α,β-unsaturated/α-hetero) is 1. The molecule has 0 radical (unpaired) electrons. The Bertz CT molecular complexity index is 1190. The van der Waals surface area contributed by atoms with Gasteiger partial charge in [0.05, 0.1) is 25.3 Å². The third-order valence-corrected chi connectivity index (χ3v) is 5.14. The lowest BCUT2D eigenvalue weighted by molar-refractivity contribution is 0.0600. The third-order valence-electron chi connectivity index (χ3n) is 5.14. The van der Waals surface area contributed by atoms with Gasteiger partial charge >= 0.3 is 5.97 Å². The topological polar surface area (TPSA) is 71.1 Å². The smallest absolute Gasteiger partial charge is 0.337 e. The van der Waals surface area contributed by atoms with Crippen LogP contribution in [-0.4, -0.2) is 26.0 Å². The van der Waals surface area contributed by atoms with Crippen LogP contribution in [0.3, 0.4) is 0 Å². The number of rotatable bonds is 6. The first-order chi connectivity index (χ1) is 15.5. The van der Waals surface area contributed by atoms with Crippen molar-refractivity contribution in [2.24, 2.45) is 0 Å². The average molecular weight is 430 g/mol. The minimum absolute atomic E-state index is 0.184. The number of carbonyl (C=O) groups excluding carboxylic acids is 2. The fraction of sp³-hybridized carbons (Fsp3) is 0.154. The van der Waals surface area contributed by atoms with Crippen LogP contribution in [0.4, 0.5) is 0 Å². The normalized spacial score (nSPS) is 13.5. The maximum atomic E-state index is 12.9. The van der Waals surface area contributed by atoms with Crippen molar-refractivity contribution in [3.63, 3.8) is 0 Å². The Morgan fingerprint density at radius 3 is 2.34 bits per heavy atom. The molecule has 0 atom stereocenters. The minimum Gasteiger partial charge on any atom is -0.497 e. The van der Waals surface area contributed by atoms with E-state index in [0.29, 0.717) is 29.2 Å². The molecular weight excluding hydrogens is 408 g/mol. The highest BCUT2D eigenvalue weighted by Crippen LogP contribution is 2.37. The Kier molecular flexibility index (Phi) is 5.94. The number of fused-ring (bicyclic) bond motifs is 1. The third kappa shape index (κ3) is 4.34. The molecule has 1 aliphatic rings. The fourth-order valence-corrected chi connectivity index (χ4v) is 3.43. The minimum atomic E-state index is -0.414. The summed E-state index contributed by atoms with van der Waals surface area (Å²) in [5.74, 6) is 1.50. The predicted octanol–water partition coefficient (Wildman–Crippen LogP) is 4.99. The first-order valence-electron chi connectivity index (χ1n) is 10.0. The molecule has 0 fully saturated rings. The van der Waals surface area contributed by atoms with Crippen LogP contribution < -0.4 is 14.2 Å². The maximum Gasteiger partial charge on any atom is 0.337 e. The predicted molar refractivity (Wildman–Crippen MR) is 119 cm³/mol. The molecule has 0 saturated heterocycles. The molecule has 0 aliphatic carbocycles. The van der Waals surface area contributed by atoms with Gasteiger partial charge in [-0.25, -0.2) is 4.79 Å². The highest BCUT2D eigenvalue weighted by atomic mass is 16.5. The molecule has 3 aromatic carbocycles. The zero-order chi connectivity index (χ0) is 22.7. The van der Waals surface area contributed by atoms with E-state index < -0.39 is 5.97 Å². The first kappa shape index (κ1) is 21.2. The van der Waals surface area contributed by atoms with E-state index in [1.807, 2.05) is 37.3 Å². The van der Waals surface area contributed by atoms with Crippen LogP contribution in [0.5, 0.6) is 17.2 Å². The van der Waals surface area contributed by atoms with E-state index in [1.54, 1.807) is 43.5 Å². The molecule has 6 nitrogen and oxygen atoms in total. The molecule has 0 spiro atoms. The van der Waals surface area contributed by atoms with E-state index >= 15 is 0 Å². The van der Waals surface area contributed by atoms with Crippen molar-refractivity contribution < 1.29 is 28.5 Å². The summed E-state index contributed by atoms with van der Waals surface area (Å²) in [5.41, 5.74) is 3.48. The SMILES string of the molecule is COC(=O)c1ccc(/C=C2\Oc3cc(OCc4ccc(OC)cc4)cc(C)c3C2=O)cc1. The number of allylic oxidation sites excluding steroid dienone is 1. The molecule has 3 aromatic rings. The standard InChI is InChI=1S/C26H22O6/c1-16-12-21(31-15-18-6-10-20(29-2)11-7-18)14-22-24(16)25(27)23(32-22)13-17-4-8-19(9-5-17)26(28)30-3/h4-14H,15H2,1-3H3/b23-13-. The van der Waals surface area contributed by atoms with Crippen molar-refractivity contribution in [1.82, 2.24) is 0 Å². The van der Waals surface area contributed by atoms with E-state index in [9.17, 15) is 9.59 Å². The highest BCUT2D eigenvalue weighted by Gasteiger charge is 2.30. The van der Waals surface area contributed by atoms with Gasteiger partial charge in [-0.3, -0.25) is 4.79 Å². The number of ether oxygens (including phenoxy) is 4. The lowest BCUT2D eigenvalue weighted by Crippen LogP contribution is -2.01. The van der Waals surface area contributed by atoms with Crippen LogP contribution in [0, 0.1) is 6.92 Å². The van der Waals surface area contributed by atoms with Crippen molar-refractivity contribution in [2.45, 2.75) is 13.5 Å². The van der Waals surface area contributed by atoms with Gasteiger partial charge in [0.2, 0.25) is 5.78 Å². The lowest BCUT2D eigenvalue weighted by Gasteiger charge is -2.09. The largest absolute Gasteiger partial charge is 0.497 e. The second kappa shape index (κ2) is 8.98. The van der Waals surface area contributed by atoms with Crippen LogP contribution in [0.25, 0.3) is 6.08 Å². The Balaban J connectivity index is 1.50. The molecule has 32 heavy (non-hydrogen) atoms. The molecule has 0 aromatic heterocycles. The molecule has 0 N–H and O–H groups in total. The Hall–Kier alpha value is -4.06. The average Bonchev–Trinajstić information content (AvgIpc) is 3.13. The number of ketones is 1. The molecular formula is C26H22O6. The van der Waals surface area contributed by atoms with E-state index in [-0.39, 0.29) is 11.5 Å². The lowest BCUT2D eigenvalue weighted by atomic mass is 10.0. The summed E-state index contributed by atoms with van der Waals surface area (Å²) in [4.78, 5) is 24.5. The Labute approximate surface area is 186 Å². The summed E-state index contributed by atoms with van der Waals surface area (Å²) in [7, 11) is 2.96. The van der Waals surface area contributed by atoms with E-state index in [1.165, 1.54) is 7.11 Å². The molecule has 0 unspecified atom stereocenters. The van der Waals surface area contributed by atoms with Crippen LogP contribution in [0.2, 0.25) is 0 Å². The number of methoxy groups -OCH3 is 2. The number of hydrogen-bond acceptors (Lipinski definition) is 6. The number of esters is 1. The summed E-state index contributed by atoms with van der Waals surface area (Å²) in [6, 6.07) is 17.9. The van der Waals surface area contributed by atoms with E-state index in [0.717, 1.165) is 22.4 Å². The van der Waals surface area contributed by atoms with Crippen LogP contribution in [-0.2, 0) is 11.3 Å². The number of hydrogen-bond donors (Lipinski definition) is 0. The molecule has 0 bridgehead atoms. The number of aryl methyl sites for hydroxylation is 1. The van der Waals surface area contributed by atoms with Crippen molar-refractivity contribution in [3.05, 3.63) is 94.2 Å². The number of carbonyl (C=O) groups is 2. The van der Waals surface area contributed by atoms with Crippen molar-refractivity contribution in [1.29, 1.82) is 0 Å². The van der Waals surface area contributed by atoms with Crippen molar-refractivity contribution >= 4 is 17.8 Å². The Morgan fingerprint density at radius 1 is 0.969 bits per heavy atom. The van der Waals surface area contributed by atoms with Gasteiger partial charge in [0.25, 0.3) is 0 Å². The highest BCUT2D eigenvalue weighted by molar-refractivity contribution is 6.15. The van der Waals surface area contributed by atoms with Crippen LogP contribution in [0.1, 0.15) is 37.4 Å². The molecule has 162 valence electrons. The number of benzene rings is 3. The quantitative estimate of drug-likeness (QED) is 0.406. The Morgan fingerprint density at radius 2 is 1.69 bits per heavy atom. The van der Waals surface area contributed by atoms with Gasteiger partial charge in [-0.1, -0.05) is 24.3 Å². The zero-order valence-electron chi connectivity index (χ0n) is 18.0. The fourth-order valence-electron chi connectivity index (χ4n) is 3.43. The second-order valence-electron chi connectivity index (χ2n) is 7.30. The van der Waals surface area contributed by atoms with Gasteiger partial charge in [-0.15, -0.1) is 0 Å². The van der Waals surface area contributed by atoms with Gasteiger partial charge in [0.1, 0.15) is 23.9 Å². The molecule has 1 heterocycles. The van der Waals surface area contributed by atoms with Gasteiger partial charge < -0.3 is 18.9 Å². The van der Waals surface area contributed by atoms with Crippen LogP contribution >= 0.6 is 0 Å². The molecule has 1 aliphatic heterocycles. The molecule has 0 saturated carbocycles. The summed E-state index contributed by atoms with van der Waals surface area (Å²) >= 11 is 0. The molecule has 4 rings (SSSR count). The van der Waals surface area contributed by atoms with E-state index in [4.69, 9.17) is 18.9 Å². The monoisotopic (exact) mass is 430 g/mol. The van der Waals surface area contributed by atoms with Crippen molar-refractivity contribution in [2.75, 3.05) is 14.2 Å². The maximum absolute atomic E-state index is 12.9. The van der Waals surface area contributed by atoms with Gasteiger partial charge in [-0.05, 0) is 60.0 Å². The molecule has 0 amide bonds. The zero-order valence-corrected chi connectivity index (χ0v) is 18.0. The summed E-state index contributed by atoms with van der Waals surface area (Å²) < 4.78 is 21.6. The summed E-state index contributed by atoms with van der Waals surface area (Å²) in [6.45, 7) is 2.24.